The minimum Gasteiger partial charge on any atom is -0.496 e. The molecule has 0 N–H and O–H groups in total. The van der Waals surface area contributed by atoms with Gasteiger partial charge < -0.3 is 14.2 Å². The van der Waals surface area contributed by atoms with Crippen LogP contribution in [-0.4, -0.2) is 14.2 Å². The maximum atomic E-state index is 5.63. The van der Waals surface area contributed by atoms with Crippen LogP contribution in [0.25, 0.3) is 0 Å². The van der Waals surface area contributed by atoms with Crippen molar-refractivity contribution >= 4 is 11.3 Å². The summed E-state index contributed by atoms with van der Waals surface area (Å²) in [7, 11) is 3.22. The molecule has 4 heteroatoms. The van der Waals surface area contributed by atoms with Gasteiger partial charge in [0.2, 0.25) is 0 Å². The molecule has 0 saturated carbocycles. The summed E-state index contributed by atoms with van der Waals surface area (Å²) in [5.41, 5.74) is 0. The summed E-state index contributed by atoms with van der Waals surface area (Å²) in [5.74, 6) is 2.09. The summed E-state index contributed by atoms with van der Waals surface area (Å²) in [6.45, 7) is 0. The van der Waals surface area contributed by atoms with Crippen molar-refractivity contribution < 1.29 is 14.2 Å². The Bertz CT molecular complexity index is 429. The molecule has 0 saturated heterocycles. The van der Waals surface area contributed by atoms with Crippen molar-refractivity contribution in [3.8, 4) is 22.3 Å². The van der Waals surface area contributed by atoms with Crippen molar-refractivity contribution in [1.29, 1.82) is 0 Å². The first-order valence-corrected chi connectivity index (χ1v) is 5.50. The van der Waals surface area contributed by atoms with Crippen molar-refractivity contribution in [2.45, 2.75) is 0 Å². The van der Waals surface area contributed by atoms with Crippen LogP contribution in [-0.2, 0) is 0 Å². The molecule has 83 valence electrons. The zero-order valence-electron chi connectivity index (χ0n) is 9.02. The van der Waals surface area contributed by atoms with Crippen LogP contribution < -0.4 is 14.2 Å². The van der Waals surface area contributed by atoms with Crippen LogP contribution in [0, 0.1) is 5.38 Å². The molecule has 1 aromatic heterocycles. The maximum Gasteiger partial charge on any atom is 0.181 e. The summed E-state index contributed by atoms with van der Waals surface area (Å²) in [4.78, 5) is 0. The Balaban J connectivity index is 2.26. The zero-order chi connectivity index (χ0) is 11.4. The van der Waals surface area contributed by atoms with Crippen molar-refractivity contribution in [2.75, 3.05) is 14.2 Å². The van der Waals surface area contributed by atoms with Crippen LogP contribution in [0.1, 0.15) is 0 Å². The highest BCUT2D eigenvalue weighted by Gasteiger charge is 2.04. The number of benzene rings is 1. The average Bonchev–Trinajstić information content (AvgIpc) is 2.81. The summed E-state index contributed by atoms with van der Waals surface area (Å²) < 4.78 is 15.9. The number of methoxy groups -OCH3 is 2. The monoisotopic (exact) mass is 235 g/mol. The SMILES string of the molecule is COc1cc(OC)cc(Oc2cc[c]s2)c1. The van der Waals surface area contributed by atoms with Crippen LogP contribution in [0.5, 0.6) is 22.3 Å². The molecule has 0 bridgehead atoms. The molecular formula is C12H11O3S. The van der Waals surface area contributed by atoms with Gasteiger partial charge in [0.05, 0.1) is 14.2 Å². The van der Waals surface area contributed by atoms with Gasteiger partial charge >= 0.3 is 0 Å². The van der Waals surface area contributed by atoms with Gasteiger partial charge in [-0.25, -0.2) is 0 Å². The molecule has 0 unspecified atom stereocenters. The summed E-state index contributed by atoms with van der Waals surface area (Å²) in [6.07, 6.45) is 0. The number of hydrogen-bond acceptors (Lipinski definition) is 4. The lowest BCUT2D eigenvalue weighted by Crippen LogP contribution is -1.89. The third kappa shape index (κ3) is 2.46. The normalized spacial score (nSPS) is 9.88. The molecule has 0 aliphatic rings. The molecule has 2 rings (SSSR count). The van der Waals surface area contributed by atoms with E-state index in [4.69, 9.17) is 14.2 Å². The first kappa shape index (κ1) is 10.8. The fraction of sp³-hybridized carbons (Fsp3) is 0.167. The van der Waals surface area contributed by atoms with Gasteiger partial charge in [-0.3, -0.25) is 0 Å². The Labute approximate surface area is 98.2 Å². The van der Waals surface area contributed by atoms with Crippen LogP contribution in [0.3, 0.4) is 0 Å². The van der Waals surface area contributed by atoms with Crippen molar-refractivity contribution in [1.82, 2.24) is 0 Å². The minimum atomic E-state index is 0.687. The highest BCUT2D eigenvalue weighted by Crippen LogP contribution is 2.32. The maximum absolute atomic E-state index is 5.63. The van der Waals surface area contributed by atoms with E-state index in [0.29, 0.717) is 17.2 Å². The predicted molar refractivity (Wildman–Crippen MR) is 62.8 cm³/mol. The Morgan fingerprint density at radius 3 is 2.12 bits per heavy atom. The molecule has 1 radical (unpaired) electrons. The fourth-order valence-electron chi connectivity index (χ4n) is 1.24. The van der Waals surface area contributed by atoms with Gasteiger partial charge in [-0.2, -0.15) is 0 Å². The topological polar surface area (TPSA) is 27.7 Å². The molecule has 1 heterocycles. The fourth-order valence-corrected chi connectivity index (χ4v) is 1.77. The van der Waals surface area contributed by atoms with Crippen LogP contribution in [0.15, 0.2) is 30.3 Å². The molecule has 2 aromatic rings. The Morgan fingerprint density at radius 2 is 1.62 bits per heavy atom. The van der Waals surface area contributed by atoms with Crippen LogP contribution >= 0.6 is 11.3 Å². The van der Waals surface area contributed by atoms with E-state index in [1.165, 1.54) is 11.3 Å². The molecule has 1 aromatic carbocycles. The second-order valence-electron chi connectivity index (χ2n) is 3.02. The third-order valence-corrected chi connectivity index (χ3v) is 2.66. The lowest BCUT2D eigenvalue weighted by atomic mass is 10.3. The van der Waals surface area contributed by atoms with Gasteiger partial charge in [-0.1, -0.05) is 11.3 Å². The first-order valence-electron chi connectivity index (χ1n) is 4.68. The average molecular weight is 235 g/mol. The number of hydrogen-bond donors (Lipinski definition) is 0. The van der Waals surface area contributed by atoms with Gasteiger partial charge in [0.1, 0.15) is 17.2 Å². The summed E-state index contributed by atoms with van der Waals surface area (Å²) >= 11 is 1.42. The van der Waals surface area contributed by atoms with E-state index in [2.05, 4.69) is 5.38 Å². The Hall–Kier alpha value is -1.68. The van der Waals surface area contributed by atoms with Gasteiger partial charge in [0.15, 0.2) is 5.06 Å². The standard InChI is InChI=1S/C12H11O3S/c1-13-9-6-10(14-2)8-11(7-9)15-12-4-3-5-16-12/h3-4,6-8H,1-2H3. The number of ether oxygens (including phenoxy) is 3. The first-order chi connectivity index (χ1) is 7.81. The van der Waals surface area contributed by atoms with Gasteiger partial charge in [-0.15, -0.1) is 0 Å². The number of rotatable bonds is 4. The smallest absolute Gasteiger partial charge is 0.181 e. The van der Waals surface area contributed by atoms with Crippen LogP contribution in [0.4, 0.5) is 0 Å². The lowest BCUT2D eigenvalue weighted by molar-refractivity contribution is 0.387. The second-order valence-corrected chi connectivity index (χ2v) is 3.86. The van der Waals surface area contributed by atoms with E-state index >= 15 is 0 Å². The zero-order valence-corrected chi connectivity index (χ0v) is 9.84. The van der Waals surface area contributed by atoms with Crippen molar-refractivity contribution in [3.63, 3.8) is 0 Å². The minimum absolute atomic E-state index is 0.687. The van der Waals surface area contributed by atoms with Crippen molar-refractivity contribution in [2.24, 2.45) is 0 Å². The summed E-state index contributed by atoms with van der Waals surface area (Å²) in [6, 6.07) is 9.09. The highest BCUT2D eigenvalue weighted by molar-refractivity contribution is 7.11. The van der Waals surface area contributed by atoms with E-state index in [1.807, 2.05) is 24.3 Å². The molecule has 0 fully saturated rings. The van der Waals surface area contributed by atoms with Gasteiger partial charge in [-0.05, 0) is 12.1 Å². The van der Waals surface area contributed by atoms with E-state index in [1.54, 1.807) is 20.3 Å². The third-order valence-electron chi connectivity index (χ3n) is 1.99. The molecule has 0 aliphatic heterocycles. The molecule has 0 aliphatic carbocycles. The van der Waals surface area contributed by atoms with Gasteiger partial charge in [0.25, 0.3) is 0 Å². The van der Waals surface area contributed by atoms with E-state index in [-0.39, 0.29) is 0 Å². The molecule has 0 atom stereocenters. The van der Waals surface area contributed by atoms with E-state index < -0.39 is 0 Å². The Morgan fingerprint density at radius 1 is 1.00 bits per heavy atom. The molecule has 16 heavy (non-hydrogen) atoms. The molecule has 0 amide bonds. The number of thiophene rings is 1. The molecule has 0 spiro atoms. The van der Waals surface area contributed by atoms with Crippen molar-refractivity contribution in [3.05, 3.63) is 35.7 Å². The molecular weight excluding hydrogens is 224 g/mol. The largest absolute Gasteiger partial charge is 0.496 e. The second kappa shape index (κ2) is 4.90. The van der Waals surface area contributed by atoms with Crippen LogP contribution in [0.2, 0.25) is 0 Å². The lowest BCUT2D eigenvalue weighted by Gasteiger charge is -2.08. The Kier molecular flexibility index (Phi) is 3.31. The van der Waals surface area contributed by atoms with E-state index in [9.17, 15) is 0 Å². The van der Waals surface area contributed by atoms with Gasteiger partial charge in [0, 0.05) is 23.6 Å². The van der Waals surface area contributed by atoms with E-state index in [0.717, 1.165) is 5.06 Å². The summed E-state index contributed by atoms with van der Waals surface area (Å²) in [5, 5.41) is 3.75. The molecule has 3 nitrogen and oxygen atoms in total. The quantitative estimate of drug-likeness (QED) is 0.813. The highest BCUT2D eigenvalue weighted by atomic mass is 32.1. The predicted octanol–water partition coefficient (Wildman–Crippen LogP) is 3.36.